The Morgan fingerprint density at radius 2 is 1.81 bits per heavy atom. The van der Waals surface area contributed by atoms with Crippen molar-refractivity contribution < 1.29 is 9.53 Å². The molecule has 138 valence electrons. The Morgan fingerprint density at radius 1 is 1.12 bits per heavy atom. The number of nitrogens with two attached hydrogens (primary N) is 1. The van der Waals surface area contributed by atoms with Gasteiger partial charge in [0.05, 0.1) is 0 Å². The molecule has 1 amide bonds. The van der Waals surface area contributed by atoms with Crippen LogP contribution in [0.1, 0.15) is 17.0 Å². The van der Waals surface area contributed by atoms with Crippen LogP contribution in [0.4, 0.5) is 5.95 Å². The van der Waals surface area contributed by atoms with Crippen molar-refractivity contribution >= 4 is 11.9 Å². The number of hydrogen-bond acceptors (Lipinski definition) is 6. The third-order valence-electron chi connectivity index (χ3n) is 4.31. The summed E-state index contributed by atoms with van der Waals surface area (Å²) in [5.74, 6) is 1.02. The number of anilines is 1. The van der Waals surface area contributed by atoms with Gasteiger partial charge < -0.3 is 15.4 Å². The summed E-state index contributed by atoms with van der Waals surface area (Å²) < 4.78 is 5.38. The van der Waals surface area contributed by atoms with Crippen LogP contribution in [-0.2, 0) is 11.3 Å². The highest BCUT2D eigenvalue weighted by atomic mass is 16.5. The molecule has 1 fully saturated rings. The van der Waals surface area contributed by atoms with E-state index in [1.54, 1.807) is 0 Å². The first-order valence-electron chi connectivity index (χ1n) is 8.79. The predicted octanol–water partition coefficient (Wildman–Crippen LogP) is 1.28. The maximum absolute atomic E-state index is 10.8. The lowest BCUT2D eigenvalue weighted by molar-refractivity contribution is -0.119. The van der Waals surface area contributed by atoms with Crippen molar-refractivity contribution in [1.29, 1.82) is 0 Å². The molecule has 0 radical (unpaired) electrons. The minimum atomic E-state index is -0.472. The highest BCUT2D eigenvalue weighted by molar-refractivity contribution is 5.75. The molecular formula is C19H25N5O2. The average molecular weight is 355 g/mol. The number of carbonyl (C=O) groups excluding carboxylic acids is 1. The van der Waals surface area contributed by atoms with E-state index in [1.807, 2.05) is 38.1 Å². The fourth-order valence-electron chi connectivity index (χ4n) is 3.10. The van der Waals surface area contributed by atoms with Crippen LogP contribution in [0.15, 0.2) is 30.3 Å². The van der Waals surface area contributed by atoms with Gasteiger partial charge in [-0.2, -0.15) is 0 Å². The van der Waals surface area contributed by atoms with Gasteiger partial charge in [-0.15, -0.1) is 0 Å². The molecular weight excluding hydrogens is 330 g/mol. The molecule has 1 aliphatic rings. The van der Waals surface area contributed by atoms with E-state index in [-0.39, 0.29) is 6.61 Å². The van der Waals surface area contributed by atoms with Gasteiger partial charge in [0.1, 0.15) is 5.75 Å². The predicted molar refractivity (Wildman–Crippen MR) is 100 cm³/mol. The van der Waals surface area contributed by atoms with Crippen LogP contribution < -0.4 is 15.4 Å². The molecule has 2 aromatic rings. The summed E-state index contributed by atoms with van der Waals surface area (Å²) >= 11 is 0. The summed E-state index contributed by atoms with van der Waals surface area (Å²) in [6, 6.07) is 9.79. The topological polar surface area (TPSA) is 84.6 Å². The third-order valence-corrected chi connectivity index (χ3v) is 4.31. The minimum Gasteiger partial charge on any atom is -0.484 e. The van der Waals surface area contributed by atoms with Gasteiger partial charge in [-0.3, -0.25) is 9.69 Å². The van der Waals surface area contributed by atoms with Crippen LogP contribution in [0.2, 0.25) is 0 Å². The van der Waals surface area contributed by atoms with Crippen LogP contribution in [0.5, 0.6) is 5.75 Å². The summed E-state index contributed by atoms with van der Waals surface area (Å²) in [4.78, 5) is 24.6. The average Bonchev–Trinajstić information content (AvgIpc) is 2.60. The number of carbonyl (C=O) groups is 1. The molecule has 7 heteroatoms. The molecule has 1 saturated heterocycles. The Bertz CT molecular complexity index is 752. The van der Waals surface area contributed by atoms with E-state index in [0.717, 1.165) is 55.6 Å². The second-order valence-corrected chi connectivity index (χ2v) is 6.62. The first-order chi connectivity index (χ1) is 12.5. The monoisotopic (exact) mass is 355 g/mol. The fraction of sp³-hybridized carbons (Fsp3) is 0.421. The zero-order valence-corrected chi connectivity index (χ0v) is 15.3. The summed E-state index contributed by atoms with van der Waals surface area (Å²) in [7, 11) is 0. The van der Waals surface area contributed by atoms with Crippen LogP contribution >= 0.6 is 0 Å². The fourth-order valence-corrected chi connectivity index (χ4v) is 3.10. The second kappa shape index (κ2) is 8.14. The zero-order valence-electron chi connectivity index (χ0n) is 15.3. The molecule has 3 rings (SSSR count). The van der Waals surface area contributed by atoms with E-state index < -0.39 is 5.91 Å². The van der Waals surface area contributed by atoms with E-state index in [1.165, 1.54) is 0 Å². The maximum atomic E-state index is 10.8. The summed E-state index contributed by atoms with van der Waals surface area (Å²) in [5, 5.41) is 0. The SMILES string of the molecule is Cc1cc(C)nc(N2CCN(Cc3cccc(OCC(N)=O)c3)CC2)n1. The number of amides is 1. The highest BCUT2D eigenvalue weighted by Crippen LogP contribution is 2.17. The summed E-state index contributed by atoms with van der Waals surface area (Å²) in [6.07, 6.45) is 0. The number of ether oxygens (including phenoxy) is 1. The van der Waals surface area contributed by atoms with Crippen molar-refractivity contribution in [3.63, 3.8) is 0 Å². The molecule has 0 atom stereocenters. The van der Waals surface area contributed by atoms with Gasteiger partial charge in [0.25, 0.3) is 5.91 Å². The number of aromatic nitrogens is 2. The van der Waals surface area contributed by atoms with E-state index >= 15 is 0 Å². The lowest BCUT2D eigenvalue weighted by Crippen LogP contribution is -2.46. The van der Waals surface area contributed by atoms with Gasteiger partial charge in [-0.25, -0.2) is 9.97 Å². The van der Waals surface area contributed by atoms with E-state index in [9.17, 15) is 4.79 Å². The molecule has 1 aromatic heterocycles. The first kappa shape index (κ1) is 18.1. The zero-order chi connectivity index (χ0) is 18.5. The molecule has 2 N–H and O–H groups in total. The van der Waals surface area contributed by atoms with Crippen molar-refractivity contribution in [1.82, 2.24) is 14.9 Å². The lowest BCUT2D eigenvalue weighted by Gasteiger charge is -2.35. The van der Waals surface area contributed by atoms with Crippen LogP contribution in [0.25, 0.3) is 0 Å². The molecule has 0 unspecified atom stereocenters. The normalized spacial score (nSPS) is 15.1. The number of piperazine rings is 1. The first-order valence-corrected chi connectivity index (χ1v) is 8.79. The molecule has 26 heavy (non-hydrogen) atoms. The Morgan fingerprint density at radius 3 is 2.46 bits per heavy atom. The highest BCUT2D eigenvalue weighted by Gasteiger charge is 2.19. The molecule has 0 saturated carbocycles. The van der Waals surface area contributed by atoms with E-state index in [2.05, 4.69) is 25.8 Å². The number of rotatable bonds is 6. The minimum absolute atomic E-state index is 0.0992. The number of benzene rings is 1. The third kappa shape index (κ3) is 4.92. The van der Waals surface area contributed by atoms with Gasteiger partial charge in [0, 0.05) is 44.1 Å². The van der Waals surface area contributed by atoms with Crippen molar-refractivity contribution in [2.75, 3.05) is 37.7 Å². The Labute approximate surface area is 153 Å². The maximum Gasteiger partial charge on any atom is 0.255 e. The lowest BCUT2D eigenvalue weighted by atomic mass is 10.2. The van der Waals surface area contributed by atoms with Gasteiger partial charge in [0.15, 0.2) is 6.61 Å². The molecule has 2 heterocycles. The van der Waals surface area contributed by atoms with Crippen molar-refractivity contribution in [2.45, 2.75) is 20.4 Å². The molecule has 1 aromatic carbocycles. The van der Waals surface area contributed by atoms with Crippen LogP contribution in [0.3, 0.4) is 0 Å². The molecule has 0 aliphatic carbocycles. The summed E-state index contributed by atoms with van der Waals surface area (Å²) in [6.45, 7) is 8.45. The van der Waals surface area contributed by atoms with Crippen molar-refractivity contribution in [3.8, 4) is 5.75 Å². The Balaban J connectivity index is 1.55. The van der Waals surface area contributed by atoms with E-state index in [0.29, 0.717) is 5.75 Å². The van der Waals surface area contributed by atoms with Gasteiger partial charge in [-0.1, -0.05) is 12.1 Å². The molecule has 1 aliphatic heterocycles. The standard InChI is InChI=1S/C19H25N5O2/c1-14-10-15(2)22-19(21-14)24-8-6-23(7-9-24)12-16-4-3-5-17(11-16)26-13-18(20)25/h3-5,10-11H,6-9,12-13H2,1-2H3,(H2,20,25). The number of primary amides is 1. The van der Waals surface area contributed by atoms with Crippen molar-refractivity contribution in [2.24, 2.45) is 5.73 Å². The number of nitrogens with zero attached hydrogens (tertiary/aromatic N) is 4. The van der Waals surface area contributed by atoms with Gasteiger partial charge in [0.2, 0.25) is 5.95 Å². The summed E-state index contributed by atoms with van der Waals surface area (Å²) in [5.41, 5.74) is 8.28. The smallest absolute Gasteiger partial charge is 0.255 e. The van der Waals surface area contributed by atoms with Crippen LogP contribution in [0, 0.1) is 13.8 Å². The molecule has 0 bridgehead atoms. The molecule has 7 nitrogen and oxygen atoms in total. The second-order valence-electron chi connectivity index (χ2n) is 6.62. The van der Waals surface area contributed by atoms with Gasteiger partial charge in [-0.05, 0) is 37.6 Å². The van der Waals surface area contributed by atoms with E-state index in [4.69, 9.17) is 10.5 Å². The number of aryl methyl sites for hydroxylation is 2. The van der Waals surface area contributed by atoms with Crippen molar-refractivity contribution in [3.05, 3.63) is 47.3 Å². The molecule has 0 spiro atoms. The van der Waals surface area contributed by atoms with Gasteiger partial charge >= 0.3 is 0 Å². The quantitative estimate of drug-likeness (QED) is 0.840. The van der Waals surface area contributed by atoms with Crippen LogP contribution in [-0.4, -0.2) is 53.6 Å². The Hall–Kier alpha value is -2.67. The number of hydrogen-bond donors (Lipinski definition) is 1. The largest absolute Gasteiger partial charge is 0.484 e. The Kier molecular flexibility index (Phi) is 5.68.